The Morgan fingerprint density at radius 1 is 0.958 bits per heavy atom. The van der Waals surface area contributed by atoms with Crippen molar-refractivity contribution in [1.29, 1.82) is 0 Å². The molecule has 0 saturated carbocycles. The van der Waals surface area contributed by atoms with Crippen LogP contribution in [0.1, 0.15) is 25.3 Å². The minimum Gasteiger partial charge on any atom is -0.493 e. The highest BCUT2D eigenvalue weighted by molar-refractivity contribution is 7.80. The highest BCUT2D eigenvalue weighted by Crippen LogP contribution is 2.27. The van der Waals surface area contributed by atoms with Gasteiger partial charge in [0.05, 0.1) is 14.2 Å². The minimum atomic E-state index is 0.495. The summed E-state index contributed by atoms with van der Waals surface area (Å²) in [6.07, 6.45) is 3.01. The zero-order chi connectivity index (χ0) is 17.8. The first-order chi connectivity index (χ1) is 11.6. The topological polar surface area (TPSA) is 66.6 Å². The molecule has 0 bridgehead atoms. The average Bonchev–Trinajstić information content (AvgIpc) is 2.60. The van der Waals surface area contributed by atoms with Crippen molar-refractivity contribution in [2.45, 2.75) is 26.2 Å². The van der Waals surface area contributed by atoms with Crippen molar-refractivity contribution in [3.63, 3.8) is 0 Å². The Hall–Kier alpha value is -1.80. The van der Waals surface area contributed by atoms with E-state index in [-0.39, 0.29) is 0 Å². The number of hydrazine groups is 1. The molecule has 0 aliphatic rings. The summed E-state index contributed by atoms with van der Waals surface area (Å²) in [6.45, 7) is 3.68. The molecule has 134 valence electrons. The fourth-order valence-electron chi connectivity index (χ4n) is 1.94. The van der Waals surface area contributed by atoms with Gasteiger partial charge in [-0.3, -0.25) is 10.9 Å². The van der Waals surface area contributed by atoms with Crippen LogP contribution in [-0.4, -0.2) is 37.5 Å². The molecule has 0 aliphatic carbocycles. The lowest BCUT2D eigenvalue weighted by Gasteiger charge is -2.14. The van der Waals surface area contributed by atoms with Crippen LogP contribution in [-0.2, 0) is 6.42 Å². The van der Waals surface area contributed by atoms with E-state index in [0.29, 0.717) is 16.8 Å². The SMILES string of the molecule is CCCCNC(=S)NNC(=S)NCCc1ccc(OC)c(OC)c1. The second-order valence-electron chi connectivity index (χ2n) is 5.05. The third-order valence-electron chi connectivity index (χ3n) is 3.25. The zero-order valence-corrected chi connectivity index (χ0v) is 16.0. The molecule has 8 heteroatoms. The molecule has 1 rings (SSSR count). The maximum absolute atomic E-state index is 5.29. The fourth-order valence-corrected chi connectivity index (χ4v) is 2.24. The molecule has 0 unspecified atom stereocenters. The van der Waals surface area contributed by atoms with E-state index in [2.05, 4.69) is 28.4 Å². The number of unbranched alkanes of at least 4 members (excludes halogenated alkanes) is 1. The van der Waals surface area contributed by atoms with Gasteiger partial charge in [-0.25, -0.2) is 0 Å². The van der Waals surface area contributed by atoms with Crippen LogP contribution in [0.25, 0.3) is 0 Å². The van der Waals surface area contributed by atoms with E-state index in [9.17, 15) is 0 Å². The largest absolute Gasteiger partial charge is 0.493 e. The number of hydrogen-bond donors (Lipinski definition) is 4. The van der Waals surface area contributed by atoms with Crippen LogP contribution in [0.4, 0.5) is 0 Å². The Labute approximate surface area is 154 Å². The highest BCUT2D eigenvalue weighted by Gasteiger charge is 2.04. The summed E-state index contributed by atoms with van der Waals surface area (Å²) in [5, 5.41) is 7.24. The number of thiocarbonyl (C=S) groups is 2. The van der Waals surface area contributed by atoms with Crippen LogP contribution in [0.2, 0.25) is 0 Å². The second-order valence-corrected chi connectivity index (χ2v) is 5.87. The number of nitrogens with one attached hydrogen (secondary N) is 4. The molecule has 0 aliphatic heterocycles. The van der Waals surface area contributed by atoms with Crippen molar-refractivity contribution >= 4 is 34.7 Å². The molecule has 0 saturated heterocycles. The molecule has 0 radical (unpaired) electrons. The Morgan fingerprint density at radius 3 is 2.17 bits per heavy atom. The van der Waals surface area contributed by atoms with E-state index < -0.39 is 0 Å². The lowest BCUT2D eigenvalue weighted by Crippen LogP contribution is -2.50. The van der Waals surface area contributed by atoms with Gasteiger partial charge in [-0.05, 0) is 55.0 Å². The first-order valence-electron chi connectivity index (χ1n) is 7.89. The highest BCUT2D eigenvalue weighted by atomic mass is 32.1. The Kier molecular flexibility index (Phi) is 9.86. The number of rotatable bonds is 8. The lowest BCUT2D eigenvalue weighted by atomic mass is 10.1. The fraction of sp³-hybridized carbons (Fsp3) is 0.500. The van der Waals surface area contributed by atoms with Crippen LogP contribution < -0.4 is 31.0 Å². The standard InChI is InChI=1S/C16H26N4O2S2/c1-4-5-9-17-15(23)19-20-16(24)18-10-8-12-6-7-13(21-2)14(11-12)22-3/h6-7,11H,4-5,8-10H2,1-3H3,(H2,17,19,23)(H2,18,20,24). The summed E-state index contributed by atoms with van der Waals surface area (Å²) in [4.78, 5) is 0. The third-order valence-corrected chi connectivity index (χ3v) is 3.75. The maximum Gasteiger partial charge on any atom is 0.185 e. The summed E-state index contributed by atoms with van der Waals surface area (Å²) < 4.78 is 10.5. The predicted molar refractivity (Wildman–Crippen MR) is 106 cm³/mol. The first-order valence-corrected chi connectivity index (χ1v) is 8.71. The van der Waals surface area contributed by atoms with E-state index in [1.807, 2.05) is 18.2 Å². The Balaban J connectivity index is 2.27. The van der Waals surface area contributed by atoms with Crippen molar-refractivity contribution in [3.8, 4) is 11.5 Å². The van der Waals surface area contributed by atoms with Crippen molar-refractivity contribution in [3.05, 3.63) is 23.8 Å². The minimum absolute atomic E-state index is 0.495. The summed E-state index contributed by atoms with van der Waals surface area (Å²) in [5.74, 6) is 1.44. The lowest BCUT2D eigenvalue weighted by molar-refractivity contribution is 0.354. The molecule has 0 amide bonds. The van der Waals surface area contributed by atoms with E-state index in [1.165, 1.54) is 0 Å². The summed E-state index contributed by atoms with van der Waals surface area (Å²) in [6, 6.07) is 5.86. The van der Waals surface area contributed by atoms with Crippen LogP contribution in [0.15, 0.2) is 18.2 Å². The Bertz CT molecular complexity index is 541. The quantitative estimate of drug-likeness (QED) is 0.314. The normalized spacial score (nSPS) is 9.79. The van der Waals surface area contributed by atoms with Crippen LogP contribution >= 0.6 is 24.4 Å². The van der Waals surface area contributed by atoms with Gasteiger partial charge in [-0.1, -0.05) is 19.4 Å². The van der Waals surface area contributed by atoms with Gasteiger partial charge in [0.1, 0.15) is 0 Å². The number of benzene rings is 1. The van der Waals surface area contributed by atoms with Crippen molar-refractivity contribution < 1.29 is 9.47 Å². The third kappa shape index (κ3) is 7.65. The van der Waals surface area contributed by atoms with Gasteiger partial charge in [0.2, 0.25) is 0 Å². The predicted octanol–water partition coefficient (Wildman–Crippen LogP) is 1.89. The van der Waals surface area contributed by atoms with Crippen LogP contribution in [0.3, 0.4) is 0 Å². The maximum atomic E-state index is 5.29. The van der Waals surface area contributed by atoms with Crippen molar-refractivity contribution in [1.82, 2.24) is 21.5 Å². The first kappa shape index (κ1) is 20.2. The van der Waals surface area contributed by atoms with Gasteiger partial charge in [-0.15, -0.1) is 0 Å². The van der Waals surface area contributed by atoms with Gasteiger partial charge >= 0.3 is 0 Å². The molecule has 0 fully saturated rings. The van der Waals surface area contributed by atoms with Gasteiger partial charge in [-0.2, -0.15) is 0 Å². The molecule has 1 aromatic carbocycles. The average molecular weight is 371 g/mol. The summed E-state index contributed by atoms with van der Waals surface area (Å²) in [5.41, 5.74) is 6.84. The van der Waals surface area contributed by atoms with Gasteiger partial charge in [0, 0.05) is 13.1 Å². The molecule has 4 N–H and O–H groups in total. The molecule has 24 heavy (non-hydrogen) atoms. The monoisotopic (exact) mass is 370 g/mol. The van der Waals surface area contributed by atoms with Gasteiger partial charge in [0.15, 0.2) is 21.7 Å². The van der Waals surface area contributed by atoms with Gasteiger partial charge < -0.3 is 20.1 Å². The summed E-state index contributed by atoms with van der Waals surface area (Å²) >= 11 is 10.3. The zero-order valence-electron chi connectivity index (χ0n) is 14.4. The van der Waals surface area contributed by atoms with Crippen LogP contribution in [0.5, 0.6) is 11.5 Å². The van der Waals surface area contributed by atoms with Crippen LogP contribution in [0, 0.1) is 0 Å². The molecule has 0 spiro atoms. The molecular weight excluding hydrogens is 344 g/mol. The van der Waals surface area contributed by atoms with E-state index >= 15 is 0 Å². The van der Waals surface area contributed by atoms with E-state index in [0.717, 1.165) is 42.9 Å². The van der Waals surface area contributed by atoms with E-state index in [1.54, 1.807) is 14.2 Å². The molecule has 6 nitrogen and oxygen atoms in total. The molecule has 0 aromatic heterocycles. The molecule has 0 atom stereocenters. The molecule has 1 aromatic rings. The number of hydrogen-bond acceptors (Lipinski definition) is 4. The smallest absolute Gasteiger partial charge is 0.185 e. The van der Waals surface area contributed by atoms with Crippen molar-refractivity contribution in [2.75, 3.05) is 27.3 Å². The second kappa shape index (κ2) is 11.7. The van der Waals surface area contributed by atoms with Gasteiger partial charge in [0.25, 0.3) is 0 Å². The van der Waals surface area contributed by atoms with Crippen molar-refractivity contribution in [2.24, 2.45) is 0 Å². The van der Waals surface area contributed by atoms with E-state index in [4.69, 9.17) is 33.9 Å². The summed E-state index contributed by atoms with van der Waals surface area (Å²) in [7, 11) is 3.25. The Morgan fingerprint density at radius 2 is 1.58 bits per heavy atom. The molecular formula is C16H26N4O2S2. The number of ether oxygens (including phenoxy) is 2. The molecule has 0 heterocycles. The number of methoxy groups -OCH3 is 2.